The van der Waals surface area contributed by atoms with Crippen LogP contribution in [-0.2, 0) is 6.42 Å². The lowest BCUT2D eigenvalue weighted by Crippen LogP contribution is -2.41. The van der Waals surface area contributed by atoms with Crippen molar-refractivity contribution in [1.29, 1.82) is 0 Å². The first-order chi connectivity index (χ1) is 12.1. The van der Waals surface area contributed by atoms with Gasteiger partial charge in [0.05, 0.1) is 12.6 Å². The van der Waals surface area contributed by atoms with Crippen LogP contribution in [0.4, 0.5) is 14.9 Å². The summed E-state index contributed by atoms with van der Waals surface area (Å²) in [4.78, 5) is 15.3. The van der Waals surface area contributed by atoms with Crippen LogP contribution in [0.25, 0.3) is 10.9 Å². The minimum absolute atomic E-state index is 0.185. The fourth-order valence-electron chi connectivity index (χ4n) is 2.80. The van der Waals surface area contributed by atoms with Crippen molar-refractivity contribution in [1.82, 2.24) is 10.3 Å². The van der Waals surface area contributed by atoms with E-state index in [0.717, 1.165) is 16.5 Å². The van der Waals surface area contributed by atoms with Gasteiger partial charge in [0.2, 0.25) is 0 Å². The predicted molar refractivity (Wildman–Crippen MR) is 96.2 cm³/mol. The highest BCUT2D eigenvalue weighted by molar-refractivity contribution is 5.89. The minimum Gasteiger partial charge on any atom is -0.394 e. The normalized spacial score (nSPS) is 12.1. The summed E-state index contributed by atoms with van der Waals surface area (Å²) in [7, 11) is 0. The molecular weight excluding hydrogens is 321 g/mol. The molecule has 2 aromatic carbocycles. The van der Waals surface area contributed by atoms with Crippen LogP contribution in [0, 0.1) is 12.7 Å². The number of urea groups is 1. The van der Waals surface area contributed by atoms with Crippen molar-refractivity contribution in [3.8, 4) is 0 Å². The smallest absolute Gasteiger partial charge is 0.319 e. The quantitative estimate of drug-likeness (QED) is 0.574. The second kappa shape index (κ2) is 7.36. The van der Waals surface area contributed by atoms with Gasteiger partial charge in [-0.15, -0.1) is 0 Å². The number of nitrogens with one attached hydrogen (secondary N) is 3. The number of anilines is 1. The zero-order chi connectivity index (χ0) is 17.8. The standard InChI is InChI=1S/C19H20FN3O2/c1-12-8-14(6-7-17(12)20)22-19(25)23-15(11-24)9-13-10-21-18-5-3-2-4-16(13)18/h2-8,10,15,21,24H,9,11H2,1H3,(H2,22,23,25). The number of fused-ring (bicyclic) bond motifs is 1. The van der Waals surface area contributed by atoms with Crippen LogP contribution in [0.5, 0.6) is 0 Å². The molecule has 0 spiro atoms. The number of hydrogen-bond donors (Lipinski definition) is 4. The molecule has 1 heterocycles. The van der Waals surface area contributed by atoms with Gasteiger partial charge in [-0.1, -0.05) is 18.2 Å². The number of rotatable bonds is 5. The Morgan fingerprint density at radius 1 is 1.28 bits per heavy atom. The summed E-state index contributed by atoms with van der Waals surface area (Å²) in [5.41, 5.74) is 2.99. The van der Waals surface area contributed by atoms with Crippen LogP contribution in [0.1, 0.15) is 11.1 Å². The van der Waals surface area contributed by atoms with Crippen molar-refractivity contribution in [3.63, 3.8) is 0 Å². The minimum atomic E-state index is -0.440. The number of aryl methyl sites for hydroxylation is 1. The molecule has 3 aromatic rings. The number of aliphatic hydroxyl groups is 1. The van der Waals surface area contributed by atoms with Crippen molar-refractivity contribution in [2.75, 3.05) is 11.9 Å². The predicted octanol–water partition coefficient (Wildman–Crippen LogP) is 3.34. The SMILES string of the molecule is Cc1cc(NC(=O)NC(CO)Cc2c[nH]c3ccccc23)ccc1F. The van der Waals surface area contributed by atoms with E-state index in [-0.39, 0.29) is 12.4 Å². The number of aromatic amines is 1. The van der Waals surface area contributed by atoms with E-state index in [2.05, 4.69) is 15.6 Å². The average molecular weight is 341 g/mol. The van der Waals surface area contributed by atoms with E-state index in [1.165, 1.54) is 12.1 Å². The summed E-state index contributed by atoms with van der Waals surface area (Å²) in [5, 5.41) is 16.1. The van der Waals surface area contributed by atoms with Gasteiger partial charge in [0.15, 0.2) is 0 Å². The summed E-state index contributed by atoms with van der Waals surface area (Å²) in [5.74, 6) is -0.321. The van der Waals surface area contributed by atoms with Gasteiger partial charge in [-0.2, -0.15) is 0 Å². The molecule has 3 rings (SSSR count). The third kappa shape index (κ3) is 3.97. The summed E-state index contributed by atoms with van der Waals surface area (Å²) >= 11 is 0. The number of benzene rings is 2. The fraction of sp³-hybridized carbons (Fsp3) is 0.211. The lowest BCUT2D eigenvalue weighted by Gasteiger charge is -2.17. The molecule has 1 aromatic heterocycles. The second-order valence-electron chi connectivity index (χ2n) is 6.01. The Morgan fingerprint density at radius 3 is 2.84 bits per heavy atom. The maximum absolute atomic E-state index is 13.3. The molecule has 25 heavy (non-hydrogen) atoms. The Bertz CT molecular complexity index is 891. The molecular formula is C19H20FN3O2. The number of hydrogen-bond acceptors (Lipinski definition) is 2. The number of carbonyl (C=O) groups excluding carboxylic acids is 1. The van der Waals surface area contributed by atoms with Crippen molar-refractivity contribution < 1.29 is 14.3 Å². The fourth-order valence-corrected chi connectivity index (χ4v) is 2.80. The summed E-state index contributed by atoms with van der Waals surface area (Å²) in [6.07, 6.45) is 2.38. The van der Waals surface area contributed by atoms with Crippen molar-refractivity contribution >= 4 is 22.6 Å². The number of para-hydroxylation sites is 1. The molecule has 1 unspecified atom stereocenters. The molecule has 0 saturated heterocycles. The van der Waals surface area contributed by atoms with E-state index >= 15 is 0 Å². The van der Waals surface area contributed by atoms with Crippen molar-refractivity contribution in [2.24, 2.45) is 0 Å². The molecule has 130 valence electrons. The third-order valence-corrected chi connectivity index (χ3v) is 4.11. The number of aromatic nitrogens is 1. The molecule has 0 bridgehead atoms. The lowest BCUT2D eigenvalue weighted by molar-refractivity contribution is 0.224. The Kier molecular flexibility index (Phi) is 5.00. The van der Waals surface area contributed by atoms with Gasteiger partial charge in [0, 0.05) is 22.8 Å². The van der Waals surface area contributed by atoms with Gasteiger partial charge in [-0.3, -0.25) is 0 Å². The molecule has 0 fully saturated rings. The van der Waals surface area contributed by atoms with Crippen LogP contribution in [0.2, 0.25) is 0 Å². The number of carbonyl (C=O) groups is 1. The number of H-pyrrole nitrogens is 1. The molecule has 2 amide bonds. The van der Waals surface area contributed by atoms with Crippen LogP contribution in [-0.4, -0.2) is 28.8 Å². The Labute approximate surface area is 144 Å². The number of halogens is 1. The number of amides is 2. The van der Waals surface area contributed by atoms with E-state index in [9.17, 15) is 14.3 Å². The van der Waals surface area contributed by atoms with Gasteiger partial charge in [0.1, 0.15) is 5.82 Å². The molecule has 6 heteroatoms. The highest BCUT2D eigenvalue weighted by atomic mass is 19.1. The Balaban J connectivity index is 1.65. The van der Waals surface area contributed by atoms with Gasteiger partial charge < -0.3 is 20.7 Å². The molecule has 0 aliphatic heterocycles. The molecule has 5 nitrogen and oxygen atoms in total. The maximum Gasteiger partial charge on any atom is 0.319 e. The highest BCUT2D eigenvalue weighted by Gasteiger charge is 2.15. The first-order valence-electron chi connectivity index (χ1n) is 8.06. The summed E-state index contributed by atoms with van der Waals surface area (Å²) in [6.45, 7) is 1.45. The molecule has 0 radical (unpaired) electrons. The van der Waals surface area contributed by atoms with E-state index in [1.54, 1.807) is 13.0 Å². The zero-order valence-corrected chi connectivity index (χ0v) is 13.8. The summed E-state index contributed by atoms with van der Waals surface area (Å²) in [6, 6.07) is 11.4. The lowest BCUT2D eigenvalue weighted by atomic mass is 10.1. The molecule has 1 atom stereocenters. The largest absolute Gasteiger partial charge is 0.394 e. The topological polar surface area (TPSA) is 77.2 Å². The molecule has 0 aliphatic rings. The van der Waals surface area contributed by atoms with Gasteiger partial charge in [0.25, 0.3) is 0 Å². The van der Waals surface area contributed by atoms with Crippen LogP contribution < -0.4 is 10.6 Å². The van der Waals surface area contributed by atoms with E-state index in [0.29, 0.717) is 17.7 Å². The van der Waals surface area contributed by atoms with Crippen LogP contribution in [0.3, 0.4) is 0 Å². The second-order valence-corrected chi connectivity index (χ2v) is 6.01. The highest BCUT2D eigenvalue weighted by Crippen LogP contribution is 2.19. The average Bonchev–Trinajstić information content (AvgIpc) is 3.00. The zero-order valence-electron chi connectivity index (χ0n) is 13.8. The maximum atomic E-state index is 13.3. The monoisotopic (exact) mass is 341 g/mol. The first-order valence-corrected chi connectivity index (χ1v) is 8.06. The van der Waals surface area contributed by atoms with Crippen LogP contribution in [0.15, 0.2) is 48.7 Å². The van der Waals surface area contributed by atoms with Gasteiger partial charge >= 0.3 is 6.03 Å². The Hall–Kier alpha value is -2.86. The van der Waals surface area contributed by atoms with E-state index in [1.807, 2.05) is 30.5 Å². The van der Waals surface area contributed by atoms with E-state index in [4.69, 9.17) is 0 Å². The van der Waals surface area contributed by atoms with Gasteiger partial charge in [-0.25, -0.2) is 9.18 Å². The van der Waals surface area contributed by atoms with Gasteiger partial charge in [-0.05, 0) is 48.7 Å². The third-order valence-electron chi connectivity index (χ3n) is 4.11. The van der Waals surface area contributed by atoms with Crippen molar-refractivity contribution in [3.05, 3.63) is 65.6 Å². The molecule has 0 aliphatic carbocycles. The summed E-state index contributed by atoms with van der Waals surface area (Å²) < 4.78 is 13.3. The van der Waals surface area contributed by atoms with Crippen LogP contribution >= 0.6 is 0 Å². The Morgan fingerprint density at radius 2 is 2.08 bits per heavy atom. The molecule has 0 saturated carbocycles. The van der Waals surface area contributed by atoms with E-state index < -0.39 is 12.1 Å². The number of aliphatic hydroxyl groups excluding tert-OH is 1. The first kappa shape index (κ1) is 17.0. The molecule has 4 N–H and O–H groups in total. The van der Waals surface area contributed by atoms with Crippen molar-refractivity contribution in [2.45, 2.75) is 19.4 Å².